The van der Waals surface area contributed by atoms with Crippen molar-refractivity contribution in [3.63, 3.8) is 0 Å². The van der Waals surface area contributed by atoms with E-state index in [0.717, 1.165) is 35.1 Å². The van der Waals surface area contributed by atoms with E-state index in [1.807, 2.05) is 75.5 Å². The fourth-order valence-corrected chi connectivity index (χ4v) is 3.96. The molecule has 34 heavy (non-hydrogen) atoms. The van der Waals surface area contributed by atoms with E-state index in [0.29, 0.717) is 36.0 Å². The maximum absolute atomic E-state index is 11.0. The van der Waals surface area contributed by atoms with E-state index < -0.39 is 0 Å². The molecule has 3 aromatic carbocycles. The Morgan fingerprint density at radius 3 is 2.26 bits per heavy atom. The molecule has 0 spiro atoms. The molecule has 1 aromatic heterocycles. The number of fused-ring (bicyclic) bond motifs is 1. The standard InChI is InChI=1S/C28H31N3O3/c1-4-33-24-17-22-23(18-25(24)34-5-2)31-28(32)26(22)27(20-9-7-6-8-10-20)30-21-13-11-19(12-14-21)15-16-29-3/h6-14,17-18,29,31-32H,4-5,15-16H2,1-3H3. The molecule has 0 radical (unpaired) electrons. The molecule has 0 bridgehead atoms. The van der Waals surface area contributed by atoms with Gasteiger partial charge >= 0.3 is 0 Å². The fourth-order valence-electron chi connectivity index (χ4n) is 3.96. The number of nitrogens with one attached hydrogen (secondary N) is 2. The summed E-state index contributed by atoms with van der Waals surface area (Å²) >= 11 is 0. The van der Waals surface area contributed by atoms with Gasteiger partial charge in [-0.15, -0.1) is 0 Å². The van der Waals surface area contributed by atoms with Crippen LogP contribution in [0.3, 0.4) is 0 Å². The molecule has 6 nitrogen and oxygen atoms in total. The van der Waals surface area contributed by atoms with Crippen molar-refractivity contribution < 1.29 is 14.6 Å². The number of rotatable bonds is 10. The van der Waals surface area contributed by atoms with Crippen LogP contribution in [-0.2, 0) is 6.42 Å². The SMILES string of the molecule is CCOc1cc2[nH]c(O)c(C(=Nc3ccc(CCNC)cc3)c3ccccc3)c2cc1OCC. The highest BCUT2D eigenvalue weighted by molar-refractivity contribution is 6.22. The predicted octanol–water partition coefficient (Wildman–Crippen LogP) is 5.60. The second kappa shape index (κ2) is 10.9. The van der Waals surface area contributed by atoms with E-state index in [-0.39, 0.29) is 5.88 Å². The van der Waals surface area contributed by atoms with Crippen molar-refractivity contribution >= 4 is 22.3 Å². The molecule has 0 unspecified atom stereocenters. The number of aromatic hydroxyl groups is 1. The average molecular weight is 458 g/mol. The van der Waals surface area contributed by atoms with Crippen LogP contribution < -0.4 is 14.8 Å². The highest BCUT2D eigenvalue weighted by atomic mass is 16.5. The minimum absolute atomic E-state index is 0.0549. The molecule has 0 aliphatic rings. The predicted molar refractivity (Wildman–Crippen MR) is 138 cm³/mol. The van der Waals surface area contributed by atoms with Crippen LogP contribution in [0.2, 0.25) is 0 Å². The van der Waals surface area contributed by atoms with Crippen molar-refractivity contribution in [2.75, 3.05) is 26.8 Å². The van der Waals surface area contributed by atoms with Crippen molar-refractivity contribution in [2.24, 2.45) is 4.99 Å². The molecule has 176 valence electrons. The molecule has 1 heterocycles. The smallest absolute Gasteiger partial charge is 0.199 e. The van der Waals surface area contributed by atoms with E-state index in [1.165, 1.54) is 5.56 Å². The summed E-state index contributed by atoms with van der Waals surface area (Å²) in [6.07, 6.45) is 0.956. The number of nitrogens with zero attached hydrogens (tertiary/aromatic N) is 1. The molecular formula is C28H31N3O3. The topological polar surface area (TPSA) is 78.9 Å². The Morgan fingerprint density at radius 1 is 0.941 bits per heavy atom. The first-order valence-electron chi connectivity index (χ1n) is 11.7. The molecule has 4 rings (SSSR count). The number of aromatic amines is 1. The molecule has 6 heteroatoms. The van der Waals surface area contributed by atoms with Crippen LogP contribution in [0.1, 0.15) is 30.5 Å². The number of likely N-dealkylation sites (N-methyl/N-ethyl adjacent to an activating group) is 1. The molecule has 4 aromatic rings. The summed E-state index contributed by atoms with van der Waals surface area (Å²) in [5.41, 5.74) is 5.03. The summed E-state index contributed by atoms with van der Waals surface area (Å²) in [5, 5.41) is 15.0. The lowest BCUT2D eigenvalue weighted by Crippen LogP contribution is -2.10. The lowest BCUT2D eigenvalue weighted by Gasteiger charge is -2.12. The van der Waals surface area contributed by atoms with Gasteiger partial charge in [0.1, 0.15) is 0 Å². The van der Waals surface area contributed by atoms with E-state index in [1.54, 1.807) is 0 Å². The van der Waals surface area contributed by atoms with Gasteiger partial charge in [-0.2, -0.15) is 0 Å². The summed E-state index contributed by atoms with van der Waals surface area (Å²) in [6.45, 7) is 5.82. The van der Waals surface area contributed by atoms with E-state index in [2.05, 4.69) is 22.4 Å². The van der Waals surface area contributed by atoms with Crippen LogP contribution in [0.4, 0.5) is 5.69 Å². The first-order chi connectivity index (χ1) is 16.6. The van der Waals surface area contributed by atoms with Crippen LogP contribution in [0.15, 0.2) is 71.7 Å². The Bertz CT molecular complexity index is 1260. The zero-order chi connectivity index (χ0) is 23.9. The molecule has 0 saturated heterocycles. The van der Waals surface area contributed by atoms with Crippen molar-refractivity contribution in [3.8, 4) is 17.4 Å². The van der Waals surface area contributed by atoms with Gasteiger partial charge < -0.3 is 24.9 Å². The Morgan fingerprint density at radius 2 is 1.62 bits per heavy atom. The van der Waals surface area contributed by atoms with Crippen LogP contribution >= 0.6 is 0 Å². The number of hydrogen-bond acceptors (Lipinski definition) is 5. The summed E-state index contributed by atoms with van der Waals surface area (Å²) in [4.78, 5) is 8.08. The number of aromatic nitrogens is 1. The molecule has 0 aliphatic carbocycles. The van der Waals surface area contributed by atoms with E-state index >= 15 is 0 Å². The van der Waals surface area contributed by atoms with Crippen molar-refractivity contribution in [1.82, 2.24) is 10.3 Å². The highest BCUT2D eigenvalue weighted by Crippen LogP contribution is 2.38. The summed E-state index contributed by atoms with van der Waals surface area (Å²) in [5.74, 6) is 1.33. The maximum atomic E-state index is 11.0. The third-order valence-electron chi connectivity index (χ3n) is 5.57. The Labute approximate surface area is 200 Å². The molecular weight excluding hydrogens is 426 g/mol. The van der Waals surface area contributed by atoms with Gasteiger partial charge in [-0.25, -0.2) is 4.99 Å². The minimum atomic E-state index is 0.0549. The number of hydrogen-bond donors (Lipinski definition) is 3. The highest BCUT2D eigenvalue weighted by Gasteiger charge is 2.21. The Hall–Kier alpha value is -3.77. The van der Waals surface area contributed by atoms with E-state index in [4.69, 9.17) is 14.5 Å². The van der Waals surface area contributed by atoms with Gasteiger partial charge in [0, 0.05) is 17.0 Å². The lowest BCUT2D eigenvalue weighted by molar-refractivity contribution is 0.288. The zero-order valence-corrected chi connectivity index (χ0v) is 19.9. The Kier molecular flexibility index (Phi) is 7.50. The number of aliphatic imine (C=N–C) groups is 1. The van der Waals surface area contributed by atoms with Gasteiger partial charge in [-0.1, -0.05) is 42.5 Å². The van der Waals surface area contributed by atoms with Crippen molar-refractivity contribution in [1.29, 1.82) is 0 Å². The molecule has 0 amide bonds. The molecule has 0 atom stereocenters. The summed E-state index contributed by atoms with van der Waals surface area (Å²) < 4.78 is 11.6. The van der Waals surface area contributed by atoms with Gasteiger partial charge in [0.2, 0.25) is 0 Å². The third kappa shape index (κ3) is 5.07. The second-order valence-corrected chi connectivity index (χ2v) is 7.91. The van der Waals surface area contributed by atoms with E-state index in [9.17, 15) is 5.11 Å². The molecule has 0 aliphatic heterocycles. The van der Waals surface area contributed by atoms with Gasteiger partial charge in [-0.3, -0.25) is 0 Å². The minimum Gasteiger partial charge on any atom is -0.494 e. The lowest BCUT2D eigenvalue weighted by atomic mass is 10.0. The van der Waals surface area contributed by atoms with Gasteiger partial charge in [-0.05, 0) is 57.6 Å². The zero-order valence-electron chi connectivity index (χ0n) is 19.9. The first kappa shape index (κ1) is 23.4. The third-order valence-corrected chi connectivity index (χ3v) is 5.57. The number of ether oxygens (including phenoxy) is 2. The fraction of sp³-hybridized carbons (Fsp3) is 0.250. The Balaban J connectivity index is 1.87. The van der Waals surface area contributed by atoms with Crippen LogP contribution in [0, 0.1) is 0 Å². The first-order valence-corrected chi connectivity index (χ1v) is 11.7. The van der Waals surface area contributed by atoms with Crippen molar-refractivity contribution in [2.45, 2.75) is 20.3 Å². The summed E-state index contributed by atoms with van der Waals surface area (Å²) in [7, 11) is 1.95. The molecule has 0 fully saturated rings. The van der Waals surface area contributed by atoms with Crippen LogP contribution in [-0.4, -0.2) is 42.6 Å². The largest absolute Gasteiger partial charge is 0.494 e. The maximum Gasteiger partial charge on any atom is 0.199 e. The molecule has 0 saturated carbocycles. The number of benzene rings is 3. The van der Waals surface area contributed by atoms with Crippen LogP contribution in [0.25, 0.3) is 10.9 Å². The second-order valence-electron chi connectivity index (χ2n) is 7.91. The van der Waals surface area contributed by atoms with Crippen molar-refractivity contribution in [3.05, 3.63) is 83.4 Å². The quantitative estimate of drug-likeness (QED) is 0.271. The summed E-state index contributed by atoms with van der Waals surface area (Å²) in [6, 6.07) is 21.9. The monoisotopic (exact) mass is 457 g/mol. The number of H-pyrrole nitrogens is 1. The van der Waals surface area contributed by atoms with Gasteiger partial charge in [0.15, 0.2) is 17.4 Å². The normalized spacial score (nSPS) is 11.7. The van der Waals surface area contributed by atoms with Gasteiger partial charge in [0.05, 0.1) is 35.7 Å². The van der Waals surface area contributed by atoms with Gasteiger partial charge in [0.25, 0.3) is 0 Å². The molecule has 3 N–H and O–H groups in total. The average Bonchev–Trinajstić information content (AvgIpc) is 3.17. The van der Waals surface area contributed by atoms with Crippen LogP contribution in [0.5, 0.6) is 17.4 Å².